The first kappa shape index (κ1) is 19.1. The largest absolute Gasteiger partial charge is 0.497 e. The first-order chi connectivity index (χ1) is 12.0. The summed E-state index contributed by atoms with van der Waals surface area (Å²) in [7, 11) is 1.60. The molecule has 0 radical (unpaired) electrons. The molecular weight excluding hydrogens is 363 g/mol. The molecule has 0 aliphatic rings. The van der Waals surface area contributed by atoms with Crippen LogP contribution in [0.4, 0.5) is 5.69 Å². The van der Waals surface area contributed by atoms with E-state index < -0.39 is 5.91 Å². The molecule has 0 heterocycles. The van der Waals surface area contributed by atoms with Crippen LogP contribution in [0.2, 0.25) is 10.0 Å². The molecule has 0 saturated heterocycles. The van der Waals surface area contributed by atoms with Crippen molar-refractivity contribution in [3.63, 3.8) is 0 Å². The molecule has 2 aromatic carbocycles. The number of methoxy groups -OCH3 is 1. The van der Waals surface area contributed by atoms with Crippen LogP contribution in [0.1, 0.15) is 12.0 Å². The number of halogens is 2. The Morgan fingerprint density at radius 1 is 1.08 bits per heavy atom. The standard InChI is InChI=1S/C18H18Cl2N2O3/c1-25-13-5-2-4-12(10-13)8-9-21-16(23)11-17(24)22-15-7-3-6-14(19)18(15)20/h2-7,10H,8-9,11H2,1H3,(H,21,23)(H,22,24). The molecule has 0 atom stereocenters. The molecular formula is C18H18Cl2N2O3. The summed E-state index contributed by atoms with van der Waals surface area (Å²) in [6.45, 7) is 0.428. The predicted octanol–water partition coefficient (Wildman–Crippen LogP) is 3.69. The molecule has 0 fully saturated rings. The summed E-state index contributed by atoms with van der Waals surface area (Å²) < 4.78 is 5.15. The van der Waals surface area contributed by atoms with Crippen LogP contribution in [0.25, 0.3) is 0 Å². The van der Waals surface area contributed by atoms with Gasteiger partial charge in [0.05, 0.1) is 22.8 Å². The number of nitrogens with one attached hydrogen (secondary N) is 2. The highest BCUT2D eigenvalue weighted by molar-refractivity contribution is 6.44. The number of anilines is 1. The molecule has 0 aliphatic heterocycles. The van der Waals surface area contributed by atoms with Gasteiger partial charge in [0.2, 0.25) is 11.8 Å². The monoisotopic (exact) mass is 380 g/mol. The Morgan fingerprint density at radius 2 is 1.84 bits per heavy atom. The third kappa shape index (κ3) is 5.96. The molecule has 25 heavy (non-hydrogen) atoms. The van der Waals surface area contributed by atoms with E-state index in [4.69, 9.17) is 27.9 Å². The molecule has 2 N–H and O–H groups in total. The van der Waals surface area contributed by atoms with Gasteiger partial charge in [0.25, 0.3) is 0 Å². The number of hydrogen-bond acceptors (Lipinski definition) is 3. The third-order valence-electron chi connectivity index (χ3n) is 3.42. The molecule has 5 nitrogen and oxygen atoms in total. The van der Waals surface area contributed by atoms with Crippen LogP contribution >= 0.6 is 23.2 Å². The second-order valence-electron chi connectivity index (χ2n) is 5.28. The van der Waals surface area contributed by atoms with Crippen LogP contribution in [0.3, 0.4) is 0 Å². The van der Waals surface area contributed by atoms with Crippen molar-refractivity contribution in [3.05, 3.63) is 58.1 Å². The average molecular weight is 381 g/mol. The zero-order valence-electron chi connectivity index (χ0n) is 13.6. The number of rotatable bonds is 7. The van der Waals surface area contributed by atoms with Gasteiger partial charge in [-0.2, -0.15) is 0 Å². The van der Waals surface area contributed by atoms with E-state index in [1.807, 2.05) is 24.3 Å². The first-order valence-electron chi connectivity index (χ1n) is 7.63. The van der Waals surface area contributed by atoms with Gasteiger partial charge in [0.1, 0.15) is 12.2 Å². The molecule has 7 heteroatoms. The number of carbonyl (C=O) groups excluding carboxylic acids is 2. The molecule has 0 bridgehead atoms. The lowest BCUT2D eigenvalue weighted by molar-refractivity contribution is -0.126. The summed E-state index contributed by atoms with van der Waals surface area (Å²) in [5, 5.41) is 5.87. The highest BCUT2D eigenvalue weighted by atomic mass is 35.5. The van der Waals surface area contributed by atoms with E-state index in [0.717, 1.165) is 11.3 Å². The van der Waals surface area contributed by atoms with Gasteiger partial charge in [-0.1, -0.05) is 41.4 Å². The molecule has 0 aromatic heterocycles. The molecule has 0 spiro atoms. The highest BCUT2D eigenvalue weighted by Gasteiger charge is 2.12. The van der Waals surface area contributed by atoms with E-state index in [1.165, 1.54) is 0 Å². The van der Waals surface area contributed by atoms with Crippen LogP contribution in [0.15, 0.2) is 42.5 Å². The van der Waals surface area contributed by atoms with E-state index >= 15 is 0 Å². The quantitative estimate of drug-likeness (QED) is 0.719. The van der Waals surface area contributed by atoms with Crippen molar-refractivity contribution in [1.29, 1.82) is 0 Å². The Kier molecular flexibility index (Phi) is 7.10. The van der Waals surface area contributed by atoms with Gasteiger partial charge in [-0.25, -0.2) is 0 Å². The van der Waals surface area contributed by atoms with Gasteiger partial charge in [0.15, 0.2) is 0 Å². The van der Waals surface area contributed by atoms with Crippen LogP contribution in [-0.4, -0.2) is 25.5 Å². The van der Waals surface area contributed by atoms with Crippen molar-refractivity contribution in [2.24, 2.45) is 0 Å². The zero-order chi connectivity index (χ0) is 18.2. The minimum Gasteiger partial charge on any atom is -0.497 e. The van der Waals surface area contributed by atoms with Crippen molar-refractivity contribution in [1.82, 2.24) is 5.32 Å². The average Bonchev–Trinajstić information content (AvgIpc) is 2.59. The predicted molar refractivity (Wildman–Crippen MR) is 99.4 cm³/mol. The van der Waals surface area contributed by atoms with Crippen molar-refractivity contribution in [2.75, 3.05) is 19.0 Å². The van der Waals surface area contributed by atoms with Crippen molar-refractivity contribution >= 4 is 40.7 Å². The molecule has 0 saturated carbocycles. The summed E-state index contributed by atoms with van der Waals surface area (Å²) in [5.74, 6) is -0.0526. The Labute approximate surface area is 156 Å². The third-order valence-corrected chi connectivity index (χ3v) is 4.24. The van der Waals surface area contributed by atoms with Gasteiger partial charge in [-0.15, -0.1) is 0 Å². The summed E-state index contributed by atoms with van der Waals surface area (Å²) in [6, 6.07) is 12.5. The molecule has 0 unspecified atom stereocenters. The SMILES string of the molecule is COc1cccc(CCNC(=O)CC(=O)Nc2cccc(Cl)c2Cl)c1. The molecule has 2 amide bonds. The number of ether oxygens (including phenoxy) is 1. The maximum atomic E-state index is 11.9. The number of hydrogen-bond donors (Lipinski definition) is 2. The summed E-state index contributed by atoms with van der Waals surface area (Å²) in [5.41, 5.74) is 1.41. The second-order valence-corrected chi connectivity index (χ2v) is 6.06. The Hall–Kier alpha value is -2.24. The van der Waals surface area contributed by atoms with Crippen LogP contribution in [0, 0.1) is 0 Å². The first-order valence-corrected chi connectivity index (χ1v) is 8.38. The Balaban J connectivity index is 1.77. The van der Waals surface area contributed by atoms with Crippen LogP contribution in [-0.2, 0) is 16.0 Å². The molecule has 132 valence electrons. The fourth-order valence-corrected chi connectivity index (χ4v) is 2.53. The number of amides is 2. The van der Waals surface area contributed by atoms with Crippen molar-refractivity contribution < 1.29 is 14.3 Å². The summed E-state index contributed by atoms with van der Waals surface area (Å²) >= 11 is 11.9. The smallest absolute Gasteiger partial charge is 0.233 e. The van der Waals surface area contributed by atoms with Crippen molar-refractivity contribution in [2.45, 2.75) is 12.8 Å². The lowest BCUT2D eigenvalue weighted by Crippen LogP contribution is -2.29. The maximum Gasteiger partial charge on any atom is 0.233 e. The van der Waals surface area contributed by atoms with E-state index in [0.29, 0.717) is 23.7 Å². The van der Waals surface area contributed by atoms with Gasteiger partial charge in [-0.3, -0.25) is 9.59 Å². The number of benzene rings is 2. The second kappa shape index (κ2) is 9.30. The molecule has 2 aromatic rings. The summed E-state index contributed by atoms with van der Waals surface area (Å²) in [4.78, 5) is 23.8. The number of carbonyl (C=O) groups is 2. The molecule has 0 aliphatic carbocycles. The molecule has 2 rings (SSSR count). The van der Waals surface area contributed by atoms with Gasteiger partial charge in [-0.05, 0) is 36.2 Å². The van der Waals surface area contributed by atoms with E-state index in [1.54, 1.807) is 25.3 Å². The fourth-order valence-electron chi connectivity index (χ4n) is 2.18. The van der Waals surface area contributed by atoms with Crippen LogP contribution < -0.4 is 15.4 Å². The van der Waals surface area contributed by atoms with E-state index in [-0.39, 0.29) is 17.4 Å². The minimum atomic E-state index is -0.456. The highest BCUT2D eigenvalue weighted by Crippen LogP contribution is 2.29. The lowest BCUT2D eigenvalue weighted by Gasteiger charge is -2.09. The van der Waals surface area contributed by atoms with Gasteiger partial charge in [0, 0.05) is 6.54 Å². The maximum absolute atomic E-state index is 11.9. The fraction of sp³-hybridized carbons (Fsp3) is 0.222. The minimum absolute atomic E-state index is 0.246. The van der Waals surface area contributed by atoms with Crippen molar-refractivity contribution in [3.8, 4) is 5.75 Å². The topological polar surface area (TPSA) is 67.4 Å². The Bertz CT molecular complexity index is 766. The van der Waals surface area contributed by atoms with Gasteiger partial charge >= 0.3 is 0 Å². The zero-order valence-corrected chi connectivity index (χ0v) is 15.2. The van der Waals surface area contributed by atoms with E-state index in [9.17, 15) is 9.59 Å². The van der Waals surface area contributed by atoms with Gasteiger partial charge < -0.3 is 15.4 Å². The normalized spacial score (nSPS) is 10.2. The summed E-state index contributed by atoms with van der Waals surface area (Å²) in [6.07, 6.45) is 0.353. The van der Waals surface area contributed by atoms with E-state index in [2.05, 4.69) is 10.6 Å². The lowest BCUT2D eigenvalue weighted by atomic mass is 10.1. The Morgan fingerprint density at radius 3 is 2.60 bits per heavy atom. The van der Waals surface area contributed by atoms with Crippen LogP contribution in [0.5, 0.6) is 5.75 Å².